The summed E-state index contributed by atoms with van der Waals surface area (Å²) in [6.07, 6.45) is 0. The maximum Gasteiger partial charge on any atom is 0.534 e. The molecule has 0 atom stereocenters. The second-order valence-electron chi connectivity index (χ2n) is 3.82. The topological polar surface area (TPSA) is 73.6 Å². The summed E-state index contributed by atoms with van der Waals surface area (Å²) in [5.41, 5.74) is -5.80. The number of alkyl halides is 3. The highest BCUT2D eigenvalue weighted by molar-refractivity contribution is 7.88. The standard InChI is InChI=1S/C11H7F3O5S/c1-6(15)9-5-7-3-2-4-8(10(7)18-9)19-20(16,17)11(12,13)14/h2-5H,1H3. The van der Waals surface area contributed by atoms with Crippen LogP contribution in [0.1, 0.15) is 17.5 Å². The fourth-order valence-corrected chi connectivity index (χ4v) is 1.90. The molecule has 9 heteroatoms. The van der Waals surface area contributed by atoms with Crippen LogP contribution in [0.15, 0.2) is 28.7 Å². The lowest BCUT2D eigenvalue weighted by Crippen LogP contribution is -2.28. The monoisotopic (exact) mass is 308 g/mol. The molecule has 0 aliphatic carbocycles. The van der Waals surface area contributed by atoms with Crippen LogP contribution in [-0.2, 0) is 10.1 Å². The number of carbonyl (C=O) groups is 1. The first kappa shape index (κ1) is 14.4. The number of para-hydroxylation sites is 1. The van der Waals surface area contributed by atoms with Gasteiger partial charge in [-0.05, 0) is 12.1 Å². The van der Waals surface area contributed by atoms with Gasteiger partial charge in [-0.2, -0.15) is 21.6 Å². The number of hydrogen-bond donors (Lipinski definition) is 0. The molecule has 20 heavy (non-hydrogen) atoms. The first-order valence-electron chi connectivity index (χ1n) is 5.16. The van der Waals surface area contributed by atoms with Crippen molar-refractivity contribution in [3.8, 4) is 5.75 Å². The van der Waals surface area contributed by atoms with E-state index in [4.69, 9.17) is 4.42 Å². The van der Waals surface area contributed by atoms with E-state index in [-0.39, 0.29) is 16.7 Å². The quantitative estimate of drug-likeness (QED) is 0.495. The zero-order chi connectivity index (χ0) is 15.1. The highest BCUT2D eigenvalue weighted by Crippen LogP contribution is 2.33. The first-order chi connectivity index (χ1) is 9.12. The molecule has 0 saturated heterocycles. The maximum absolute atomic E-state index is 12.3. The Morgan fingerprint density at radius 2 is 1.95 bits per heavy atom. The van der Waals surface area contributed by atoms with Crippen LogP contribution in [-0.4, -0.2) is 19.7 Å². The molecule has 2 rings (SSSR count). The van der Waals surface area contributed by atoms with Gasteiger partial charge in [-0.1, -0.05) is 12.1 Å². The van der Waals surface area contributed by atoms with E-state index in [2.05, 4.69) is 4.18 Å². The van der Waals surface area contributed by atoms with Gasteiger partial charge in [0.2, 0.25) is 0 Å². The predicted molar refractivity (Wildman–Crippen MR) is 61.8 cm³/mol. The lowest BCUT2D eigenvalue weighted by molar-refractivity contribution is -0.0499. The van der Waals surface area contributed by atoms with E-state index in [1.54, 1.807) is 0 Å². The number of rotatable bonds is 3. The summed E-state index contributed by atoms with van der Waals surface area (Å²) >= 11 is 0. The zero-order valence-corrected chi connectivity index (χ0v) is 10.7. The Balaban J connectivity index is 2.53. The van der Waals surface area contributed by atoms with Gasteiger partial charge in [0.1, 0.15) is 0 Å². The molecule has 0 aliphatic rings. The molecule has 0 fully saturated rings. The van der Waals surface area contributed by atoms with Crippen molar-refractivity contribution in [3.05, 3.63) is 30.0 Å². The van der Waals surface area contributed by atoms with Crippen molar-refractivity contribution in [2.24, 2.45) is 0 Å². The molecule has 0 spiro atoms. The molecule has 1 aromatic heterocycles. The molecule has 5 nitrogen and oxygen atoms in total. The number of hydrogen-bond acceptors (Lipinski definition) is 5. The molecule has 0 N–H and O–H groups in total. The zero-order valence-electron chi connectivity index (χ0n) is 9.89. The fraction of sp³-hybridized carbons (Fsp3) is 0.182. The van der Waals surface area contributed by atoms with Gasteiger partial charge in [0.15, 0.2) is 22.9 Å². The molecule has 0 bridgehead atoms. The Morgan fingerprint density at radius 1 is 1.30 bits per heavy atom. The third-order valence-corrected chi connectivity index (χ3v) is 3.30. The Hall–Kier alpha value is -2.03. The molecule has 0 aliphatic heterocycles. The van der Waals surface area contributed by atoms with E-state index in [1.807, 2.05) is 0 Å². The van der Waals surface area contributed by atoms with E-state index in [0.717, 1.165) is 6.07 Å². The Kier molecular flexibility index (Phi) is 3.24. The SMILES string of the molecule is CC(=O)c1cc2cccc(OS(=O)(=O)C(F)(F)F)c2o1. The lowest BCUT2D eigenvalue weighted by Gasteiger charge is -2.09. The van der Waals surface area contributed by atoms with Gasteiger partial charge in [0.25, 0.3) is 0 Å². The molecule has 108 valence electrons. The molecule has 2 aromatic rings. The molecular weight excluding hydrogens is 301 g/mol. The van der Waals surface area contributed by atoms with Gasteiger partial charge >= 0.3 is 15.6 Å². The highest BCUT2D eigenvalue weighted by Gasteiger charge is 2.48. The van der Waals surface area contributed by atoms with Crippen LogP contribution in [0, 0.1) is 0 Å². The number of ketones is 1. The van der Waals surface area contributed by atoms with Crippen LogP contribution < -0.4 is 4.18 Å². The number of furan rings is 1. The maximum atomic E-state index is 12.3. The fourth-order valence-electron chi connectivity index (χ4n) is 1.44. The van der Waals surface area contributed by atoms with Crippen LogP contribution in [0.2, 0.25) is 0 Å². The minimum Gasteiger partial charge on any atom is -0.449 e. The number of Topliss-reactive ketones (excluding diaryl/α,β-unsaturated/α-hetero) is 1. The summed E-state index contributed by atoms with van der Waals surface area (Å²) in [4.78, 5) is 11.1. The average Bonchev–Trinajstić information content (AvgIpc) is 2.72. The van der Waals surface area contributed by atoms with Gasteiger partial charge in [0.05, 0.1) is 0 Å². The molecular formula is C11H7F3O5S. The smallest absolute Gasteiger partial charge is 0.449 e. The van der Waals surface area contributed by atoms with Crippen molar-refractivity contribution in [1.82, 2.24) is 0 Å². The molecule has 0 saturated carbocycles. The van der Waals surface area contributed by atoms with Crippen LogP contribution in [0.25, 0.3) is 11.0 Å². The first-order valence-corrected chi connectivity index (χ1v) is 6.57. The van der Waals surface area contributed by atoms with E-state index in [9.17, 15) is 26.4 Å². The third-order valence-electron chi connectivity index (χ3n) is 2.34. The molecule has 1 heterocycles. The number of fused-ring (bicyclic) bond motifs is 1. The summed E-state index contributed by atoms with van der Waals surface area (Å²) in [6.45, 7) is 1.20. The number of benzene rings is 1. The average molecular weight is 308 g/mol. The number of halogens is 3. The summed E-state index contributed by atoms with van der Waals surface area (Å²) in [6, 6.07) is 5.01. The lowest BCUT2D eigenvalue weighted by atomic mass is 10.2. The molecule has 0 radical (unpaired) electrons. The van der Waals surface area contributed by atoms with Crippen molar-refractivity contribution < 1.29 is 35.0 Å². The summed E-state index contributed by atoms with van der Waals surface area (Å²) in [5.74, 6) is -1.20. The van der Waals surface area contributed by atoms with Crippen LogP contribution in [0.4, 0.5) is 13.2 Å². The normalized spacial score (nSPS) is 12.6. The molecule has 1 aromatic carbocycles. The molecule has 0 amide bonds. The Bertz CT molecular complexity index is 773. The second-order valence-corrected chi connectivity index (χ2v) is 5.36. The van der Waals surface area contributed by atoms with E-state index in [0.29, 0.717) is 0 Å². The Labute approximate surface area is 111 Å². The van der Waals surface area contributed by atoms with Crippen molar-refractivity contribution in [2.75, 3.05) is 0 Å². The Morgan fingerprint density at radius 3 is 2.50 bits per heavy atom. The van der Waals surface area contributed by atoms with Crippen molar-refractivity contribution in [2.45, 2.75) is 12.4 Å². The van der Waals surface area contributed by atoms with E-state index >= 15 is 0 Å². The van der Waals surface area contributed by atoms with Gasteiger partial charge in [0, 0.05) is 12.3 Å². The molecule has 0 unspecified atom stereocenters. The third kappa shape index (κ3) is 2.48. The predicted octanol–water partition coefficient (Wildman–Crippen LogP) is 2.86. The minimum absolute atomic E-state index is 0.111. The van der Waals surface area contributed by atoms with Crippen LogP contribution in [0.5, 0.6) is 5.75 Å². The minimum atomic E-state index is -5.80. The summed E-state index contributed by atoms with van der Waals surface area (Å²) in [7, 11) is -5.80. The van der Waals surface area contributed by atoms with Gasteiger partial charge in [-0.15, -0.1) is 0 Å². The van der Waals surface area contributed by atoms with E-state index < -0.39 is 27.2 Å². The van der Waals surface area contributed by atoms with Crippen molar-refractivity contribution >= 4 is 26.9 Å². The summed E-state index contributed by atoms with van der Waals surface area (Å²) < 4.78 is 67.7. The second kappa shape index (κ2) is 4.51. The summed E-state index contributed by atoms with van der Waals surface area (Å²) in [5, 5.41) is 0.255. The van der Waals surface area contributed by atoms with Crippen LogP contribution in [0.3, 0.4) is 0 Å². The van der Waals surface area contributed by atoms with Crippen molar-refractivity contribution in [3.63, 3.8) is 0 Å². The van der Waals surface area contributed by atoms with Gasteiger partial charge < -0.3 is 8.60 Å². The van der Waals surface area contributed by atoms with Crippen LogP contribution >= 0.6 is 0 Å². The highest BCUT2D eigenvalue weighted by atomic mass is 32.2. The number of carbonyl (C=O) groups excluding carboxylic acids is 1. The largest absolute Gasteiger partial charge is 0.534 e. The van der Waals surface area contributed by atoms with Gasteiger partial charge in [-0.3, -0.25) is 4.79 Å². The van der Waals surface area contributed by atoms with Crippen molar-refractivity contribution in [1.29, 1.82) is 0 Å². The van der Waals surface area contributed by atoms with E-state index in [1.165, 1.54) is 25.1 Å². The van der Waals surface area contributed by atoms with Gasteiger partial charge in [-0.25, -0.2) is 0 Å².